The fourth-order valence-corrected chi connectivity index (χ4v) is 2.31. The Balaban J connectivity index is 2.54. The van der Waals surface area contributed by atoms with Gasteiger partial charge in [0.1, 0.15) is 17.4 Å². The summed E-state index contributed by atoms with van der Waals surface area (Å²) < 4.78 is 16.2. The van der Waals surface area contributed by atoms with E-state index in [9.17, 15) is 0 Å². The first-order chi connectivity index (χ1) is 8.30. The number of thioether (sulfide) groups is 1. The number of benzene rings is 1. The second-order valence-corrected chi connectivity index (χ2v) is 4.24. The van der Waals surface area contributed by atoms with Crippen LogP contribution in [0.15, 0.2) is 17.1 Å². The van der Waals surface area contributed by atoms with Crippen LogP contribution in [0.25, 0.3) is 0 Å². The van der Waals surface area contributed by atoms with Gasteiger partial charge in [-0.2, -0.15) is 0 Å². The van der Waals surface area contributed by atoms with Gasteiger partial charge in [0.15, 0.2) is 11.5 Å². The number of fused-ring (bicyclic) bond motifs is 1. The highest BCUT2D eigenvalue weighted by Crippen LogP contribution is 2.37. The van der Waals surface area contributed by atoms with Crippen LogP contribution in [0.5, 0.6) is 17.2 Å². The smallest absolute Gasteiger partial charge is 0.164 e. The van der Waals surface area contributed by atoms with Gasteiger partial charge in [-0.15, -0.1) is 11.8 Å². The van der Waals surface area contributed by atoms with E-state index in [0.717, 1.165) is 16.4 Å². The molecule has 0 radical (unpaired) electrons. The number of methoxy groups -OCH3 is 2. The van der Waals surface area contributed by atoms with E-state index in [1.54, 1.807) is 26.0 Å². The van der Waals surface area contributed by atoms with Crippen LogP contribution in [0.4, 0.5) is 0 Å². The third kappa shape index (κ3) is 2.34. The minimum absolute atomic E-state index is 0.590. The predicted molar refractivity (Wildman–Crippen MR) is 70.0 cm³/mol. The highest BCUT2D eigenvalue weighted by Gasteiger charge is 2.18. The number of hydrogen-bond acceptors (Lipinski definition) is 5. The average Bonchev–Trinajstić information content (AvgIpc) is 2.58. The van der Waals surface area contributed by atoms with Gasteiger partial charge in [0.05, 0.1) is 26.3 Å². The third-order valence-corrected chi connectivity index (χ3v) is 3.25. The quantitative estimate of drug-likeness (QED) is 0.810. The molecule has 1 heterocycles. The summed E-state index contributed by atoms with van der Waals surface area (Å²) in [5.74, 6) is 2.17. The Kier molecular flexibility index (Phi) is 3.78. The first kappa shape index (κ1) is 12.1. The molecule has 0 N–H and O–H groups in total. The van der Waals surface area contributed by atoms with Crippen LogP contribution in [0, 0.1) is 0 Å². The molecule has 4 nitrogen and oxygen atoms in total. The fraction of sp³-hybridized carbons (Fsp3) is 0.417. The molecule has 0 unspecified atom stereocenters. The molecule has 0 amide bonds. The van der Waals surface area contributed by atoms with Gasteiger partial charge in [0.25, 0.3) is 0 Å². The van der Waals surface area contributed by atoms with E-state index in [2.05, 4.69) is 4.99 Å². The molecular weight excluding hydrogens is 238 g/mol. The van der Waals surface area contributed by atoms with Crippen molar-refractivity contribution in [2.45, 2.75) is 0 Å². The van der Waals surface area contributed by atoms with Crippen molar-refractivity contribution in [2.24, 2.45) is 4.99 Å². The van der Waals surface area contributed by atoms with E-state index in [1.807, 2.05) is 18.4 Å². The topological polar surface area (TPSA) is 40.0 Å². The summed E-state index contributed by atoms with van der Waals surface area (Å²) in [4.78, 5) is 4.47. The van der Waals surface area contributed by atoms with Gasteiger partial charge in [0, 0.05) is 6.07 Å². The highest BCUT2D eigenvalue weighted by molar-refractivity contribution is 8.13. The summed E-state index contributed by atoms with van der Waals surface area (Å²) in [6, 6.07) is 3.76. The summed E-state index contributed by atoms with van der Waals surface area (Å²) in [5, 5.41) is 0.971. The molecule has 0 spiro atoms. The zero-order chi connectivity index (χ0) is 12.3. The number of ether oxygens (including phenoxy) is 3. The van der Waals surface area contributed by atoms with Crippen molar-refractivity contribution in [3.8, 4) is 17.2 Å². The normalized spacial score (nSPS) is 14.2. The van der Waals surface area contributed by atoms with Gasteiger partial charge in [-0.3, -0.25) is 4.99 Å². The predicted octanol–water partition coefficient (Wildman–Crippen LogP) is 2.21. The van der Waals surface area contributed by atoms with Gasteiger partial charge in [-0.1, -0.05) is 0 Å². The lowest BCUT2D eigenvalue weighted by Crippen LogP contribution is -2.01. The maximum absolute atomic E-state index is 5.66. The zero-order valence-corrected chi connectivity index (χ0v) is 11.0. The van der Waals surface area contributed by atoms with E-state index in [0.29, 0.717) is 24.7 Å². The minimum Gasteiger partial charge on any atom is -0.493 e. The number of aliphatic imine (C=N–C) groups is 1. The molecule has 17 heavy (non-hydrogen) atoms. The van der Waals surface area contributed by atoms with Crippen LogP contribution in [0.3, 0.4) is 0 Å². The lowest BCUT2D eigenvalue weighted by atomic mass is 10.2. The van der Waals surface area contributed by atoms with Crippen molar-refractivity contribution in [2.75, 3.05) is 33.6 Å². The Bertz CT molecular complexity index is 446. The monoisotopic (exact) mass is 253 g/mol. The molecule has 5 heteroatoms. The Morgan fingerprint density at radius 2 is 1.94 bits per heavy atom. The molecule has 0 fully saturated rings. The van der Waals surface area contributed by atoms with E-state index in [-0.39, 0.29) is 0 Å². The Morgan fingerprint density at radius 3 is 2.59 bits per heavy atom. The second-order valence-electron chi connectivity index (χ2n) is 3.44. The van der Waals surface area contributed by atoms with Crippen molar-refractivity contribution in [3.05, 3.63) is 17.7 Å². The van der Waals surface area contributed by atoms with Crippen LogP contribution >= 0.6 is 11.8 Å². The van der Waals surface area contributed by atoms with Gasteiger partial charge in [0.2, 0.25) is 0 Å². The van der Waals surface area contributed by atoms with E-state index < -0.39 is 0 Å². The molecule has 1 aromatic carbocycles. The molecule has 0 aromatic heterocycles. The summed E-state index contributed by atoms with van der Waals surface area (Å²) >= 11 is 1.61. The average molecular weight is 253 g/mol. The molecule has 1 aromatic rings. The summed E-state index contributed by atoms with van der Waals surface area (Å²) in [6.45, 7) is 1.27. The van der Waals surface area contributed by atoms with Crippen LogP contribution in [0.1, 0.15) is 5.56 Å². The van der Waals surface area contributed by atoms with Crippen molar-refractivity contribution in [1.29, 1.82) is 0 Å². The van der Waals surface area contributed by atoms with E-state index in [4.69, 9.17) is 14.2 Å². The number of rotatable bonds is 2. The van der Waals surface area contributed by atoms with Crippen molar-refractivity contribution in [1.82, 2.24) is 0 Å². The fourth-order valence-electron chi connectivity index (χ4n) is 1.71. The molecule has 0 aliphatic carbocycles. The first-order valence-corrected chi connectivity index (χ1v) is 6.50. The molecule has 0 saturated heterocycles. The standard InChI is InChI=1S/C12H15NO3S/c1-14-10-6-8-9(7-11(10)15-2)16-5-4-13-12(8)17-3/h6-7H,4-5H2,1-3H3. The molecule has 2 rings (SSSR count). The largest absolute Gasteiger partial charge is 0.493 e. The summed E-state index contributed by atoms with van der Waals surface area (Å²) in [7, 11) is 3.24. The Morgan fingerprint density at radius 1 is 1.24 bits per heavy atom. The molecule has 1 aliphatic rings. The van der Waals surface area contributed by atoms with Crippen molar-refractivity contribution in [3.63, 3.8) is 0 Å². The van der Waals surface area contributed by atoms with Crippen molar-refractivity contribution >= 4 is 16.8 Å². The van der Waals surface area contributed by atoms with Crippen molar-refractivity contribution < 1.29 is 14.2 Å². The highest BCUT2D eigenvalue weighted by atomic mass is 32.2. The van der Waals surface area contributed by atoms with E-state index >= 15 is 0 Å². The van der Waals surface area contributed by atoms with Gasteiger partial charge in [-0.25, -0.2) is 0 Å². The second kappa shape index (κ2) is 5.31. The van der Waals surface area contributed by atoms with Gasteiger partial charge >= 0.3 is 0 Å². The zero-order valence-electron chi connectivity index (χ0n) is 10.1. The number of nitrogens with zero attached hydrogens (tertiary/aromatic N) is 1. The van der Waals surface area contributed by atoms with E-state index in [1.165, 1.54) is 0 Å². The Hall–Kier alpha value is -1.36. The molecule has 0 saturated carbocycles. The molecule has 1 aliphatic heterocycles. The maximum atomic E-state index is 5.66. The molecular formula is C12H15NO3S. The third-order valence-electron chi connectivity index (χ3n) is 2.51. The molecule has 92 valence electrons. The molecule has 0 bridgehead atoms. The number of hydrogen-bond donors (Lipinski definition) is 0. The van der Waals surface area contributed by atoms with Crippen LogP contribution < -0.4 is 14.2 Å². The van der Waals surface area contributed by atoms with Crippen LogP contribution in [0.2, 0.25) is 0 Å². The first-order valence-electron chi connectivity index (χ1n) is 5.27. The SMILES string of the molecule is COc1cc2c(cc1OC)C(SC)=NCCO2. The summed E-state index contributed by atoms with van der Waals surface area (Å²) in [5.41, 5.74) is 0.965. The van der Waals surface area contributed by atoms with Gasteiger partial charge in [-0.05, 0) is 12.3 Å². The lowest BCUT2D eigenvalue weighted by Gasteiger charge is -2.13. The van der Waals surface area contributed by atoms with Gasteiger partial charge < -0.3 is 14.2 Å². The maximum Gasteiger partial charge on any atom is 0.164 e. The summed E-state index contributed by atoms with van der Waals surface area (Å²) in [6.07, 6.45) is 2.00. The van der Waals surface area contributed by atoms with Crippen LogP contribution in [-0.2, 0) is 0 Å². The Labute approximate surface area is 105 Å². The molecule has 0 atom stereocenters. The lowest BCUT2D eigenvalue weighted by molar-refractivity contribution is 0.321. The minimum atomic E-state index is 0.590. The van der Waals surface area contributed by atoms with Crippen LogP contribution in [-0.4, -0.2) is 38.7 Å².